The fraction of sp³-hybridized carbons (Fsp3) is 0.571. The Balaban J connectivity index is 2.36. The summed E-state index contributed by atoms with van der Waals surface area (Å²) in [6.07, 6.45) is 0.654. The average molecular weight is 270 g/mol. The van der Waals surface area contributed by atoms with Gasteiger partial charge in [-0.05, 0) is 19.0 Å². The third-order valence-electron chi connectivity index (χ3n) is 3.50. The van der Waals surface area contributed by atoms with Gasteiger partial charge in [0.05, 0.1) is 18.8 Å². The molecule has 0 spiro atoms. The molecule has 3 nitrogen and oxygen atoms in total. The summed E-state index contributed by atoms with van der Waals surface area (Å²) in [5.41, 5.74) is 6.05. The van der Waals surface area contributed by atoms with Crippen molar-refractivity contribution in [2.75, 3.05) is 26.2 Å². The van der Waals surface area contributed by atoms with Gasteiger partial charge in [0.1, 0.15) is 0 Å². The minimum atomic E-state index is -0.824. The van der Waals surface area contributed by atoms with Gasteiger partial charge in [0.15, 0.2) is 11.6 Å². The standard InChI is InChI=1S/C14H20F2N2O/c1-2-6-18-7-8-19-12(9-17)14(18)10-4-3-5-11(15)13(10)16/h3-5,12,14H,2,6-9,17H2,1H3. The van der Waals surface area contributed by atoms with Crippen LogP contribution in [0.3, 0.4) is 0 Å². The topological polar surface area (TPSA) is 38.5 Å². The molecule has 1 heterocycles. The molecule has 0 bridgehead atoms. The monoisotopic (exact) mass is 270 g/mol. The van der Waals surface area contributed by atoms with Crippen LogP contribution in [0.15, 0.2) is 18.2 Å². The Bertz CT molecular complexity index is 426. The van der Waals surface area contributed by atoms with Crippen LogP contribution in [-0.2, 0) is 4.74 Å². The number of benzene rings is 1. The smallest absolute Gasteiger partial charge is 0.163 e. The zero-order valence-electron chi connectivity index (χ0n) is 11.1. The molecule has 0 radical (unpaired) electrons. The van der Waals surface area contributed by atoms with Gasteiger partial charge in [-0.25, -0.2) is 8.78 Å². The van der Waals surface area contributed by atoms with Gasteiger partial charge in [-0.3, -0.25) is 4.90 Å². The highest BCUT2D eigenvalue weighted by molar-refractivity contribution is 5.24. The molecule has 1 saturated heterocycles. The maximum atomic E-state index is 14.0. The molecule has 1 aromatic carbocycles. The fourth-order valence-corrected chi connectivity index (χ4v) is 2.67. The summed E-state index contributed by atoms with van der Waals surface area (Å²) < 4.78 is 33.0. The number of hydrogen-bond acceptors (Lipinski definition) is 3. The Labute approximate surface area is 112 Å². The predicted molar refractivity (Wildman–Crippen MR) is 69.8 cm³/mol. The zero-order chi connectivity index (χ0) is 13.8. The third-order valence-corrected chi connectivity index (χ3v) is 3.50. The molecule has 1 aromatic rings. The molecule has 5 heteroatoms. The SMILES string of the molecule is CCCN1CCOC(CN)C1c1cccc(F)c1F. The maximum Gasteiger partial charge on any atom is 0.163 e. The number of nitrogens with zero attached hydrogens (tertiary/aromatic N) is 1. The van der Waals surface area contributed by atoms with Crippen molar-refractivity contribution in [2.45, 2.75) is 25.5 Å². The first kappa shape index (κ1) is 14.4. The quantitative estimate of drug-likeness (QED) is 0.910. The molecule has 0 amide bonds. The molecular formula is C14H20F2N2O. The number of rotatable bonds is 4. The molecular weight excluding hydrogens is 250 g/mol. The second-order valence-corrected chi connectivity index (χ2v) is 4.77. The van der Waals surface area contributed by atoms with E-state index < -0.39 is 11.6 Å². The normalized spacial score (nSPS) is 24.6. The first-order valence-electron chi connectivity index (χ1n) is 6.68. The van der Waals surface area contributed by atoms with E-state index in [0.29, 0.717) is 25.3 Å². The van der Waals surface area contributed by atoms with Gasteiger partial charge in [0.25, 0.3) is 0 Å². The summed E-state index contributed by atoms with van der Waals surface area (Å²) >= 11 is 0. The van der Waals surface area contributed by atoms with Crippen molar-refractivity contribution >= 4 is 0 Å². The van der Waals surface area contributed by atoms with Gasteiger partial charge in [-0.15, -0.1) is 0 Å². The van der Waals surface area contributed by atoms with Crippen LogP contribution in [0, 0.1) is 11.6 Å². The molecule has 0 aromatic heterocycles. The van der Waals surface area contributed by atoms with E-state index in [1.54, 1.807) is 6.07 Å². The van der Waals surface area contributed by atoms with Crippen LogP contribution in [0.5, 0.6) is 0 Å². The molecule has 1 fully saturated rings. The lowest BCUT2D eigenvalue weighted by Crippen LogP contribution is -2.48. The molecule has 2 rings (SSSR count). The molecule has 19 heavy (non-hydrogen) atoms. The van der Waals surface area contributed by atoms with Crippen molar-refractivity contribution in [3.05, 3.63) is 35.4 Å². The first-order valence-corrected chi connectivity index (χ1v) is 6.68. The van der Waals surface area contributed by atoms with Gasteiger partial charge in [0, 0.05) is 18.7 Å². The van der Waals surface area contributed by atoms with Crippen LogP contribution >= 0.6 is 0 Å². The first-order chi connectivity index (χ1) is 9.19. The van der Waals surface area contributed by atoms with Crippen LogP contribution in [0.25, 0.3) is 0 Å². The minimum Gasteiger partial charge on any atom is -0.374 e. The highest BCUT2D eigenvalue weighted by Crippen LogP contribution is 2.31. The summed E-state index contributed by atoms with van der Waals surface area (Å²) in [6.45, 7) is 4.47. The van der Waals surface area contributed by atoms with E-state index in [2.05, 4.69) is 11.8 Å². The zero-order valence-corrected chi connectivity index (χ0v) is 11.1. The van der Waals surface area contributed by atoms with Gasteiger partial charge in [0.2, 0.25) is 0 Å². The number of morpholine rings is 1. The molecule has 106 valence electrons. The summed E-state index contributed by atoms with van der Waals surface area (Å²) in [7, 11) is 0. The van der Waals surface area contributed by atoms with Crippen molar-refractivity contribution < 1.29 is 13.5 Å². The van der Waals surface area contributed by atoms with Crippen LogP contribution in [0.1, 0.15) is 24.9 Å². The van der Waals surface area contributed by atoms with E-state index in [1.807, 2.05) is 0 Å². The average Bonchev–Trinajstić information content (AvgIpc) is 2.42. The second kappa shape index (κ2) is 6.41. The van der Waals surface area contributed by atoms with Crippen molar-refractivity contribution in [3.8, 4) is 0 Å². The lowest BCUT2D eigenvalue weighted by molar-refractivity contribution is -0.0687. The van der Waals surface area contributed by atoms with Gasteiger partial charge in [-0.1, -0.05) is 19.1 Å². The van der Waals surface area contributed by atoms with Crippen molar-refractivity contribution in [3.63, 3.8) is 0 Å². The van der Waals surface area contributed by atoms with Crippen LogP contribution in [0.2, 0.25) is 0 Å². The number of ether oxygens (including phenoxy) is 1. The van der Waals surface area contributed by atoms with E-state index in [9.17, 15) is 8.78 Å². The molecule has 2 N–H and O–H groups in total. The molecule has 2 unspecified atom stereocenters. The molecule has 1 aliphatic rings. The highest BCUT2D eigenvalue weighted by Gasteiger charge is 2.34. The van der Waals surface area contributed by atoms with Crippen molar-refractivity contribution in [1.82, 2.24) is 4.90 Å². The molecule has 0 aliphatic carbocycles. The maximum absolute atomic E-state index is 14.0. The van der Waals surface area contributed by atoms with Crippen LogP contribution < -0.4 is 5.73 Å². The fourth-order valence-electron chi connectivity index (χ4n) is 2.67. The van der Waals surface area contributed by atoms with Crippen molar-refractivity contribution in [2.24, 2.45) is 5.73 Å². The summed E-state index contributed by atoms with van der Waals surface area (Å²) in [5, 5.41) is 0. The van der Waals surface area contributed by atoms with E-state index in [-0.39, 0.29) is 12.1 Å². The lowest BCUT2D eigenvalue weighted by Gasteiger charge is -2.41. The molecule has 0 saturated carbocycles. The summed E-state index contributed by atoms with van der Waals surface area (Å²) in [5.74, 6) is -1.62. The largest absolute Gasteiger partial charge is 0.374 e. The van der Waals surface area contributed by atoms with E-state index in [1.165, 1.54) is 6.07 Å². The number of halogens is 2. The minimum absolute atomic E-state index is 0.292. The highest BCUT2D eigenvalue weighted by atomic mass is 19.2. The number of hydrogen-bond donors (Lipinski definition) is 1. The Kier molecular flexibility index (Phi) is 4.85. The van der Waals surface area contributed by atoms with Crippen LogP contribution in [0.4, 0.5) is 8.78 Å². The Hall–Kier alpha value is -1.04. The van der Waals surface area contributed by atoms with Crippen LogP contribution in [-0.4, -0.2) is 37.2 Å². The van der Waals surface area contributed by atoms with Gasteiger partial charge in [-0.2, -0.15) is 0 Å². The summed E-state index contributed by atoms with van der Waals surface area (Å²) in [4.78, 5) is 2.12. The molecule has 2 atom stereocenters. The Morgan fingerprint density at radius 2 is 2.21 bits per heavy atom. The Morgan fingerprint density at radius 3 is 2.89 bits per heavy atom. The van der Waals surface area contributed by atoms with Gasteiger partial charge >= 0.3 is 0 Å². The second-order valence-electron chi connectivity index (χ2n) is 4.77. The lowest BCUT2D eigenvalue weighted by atomic mass is 9.97. The number of nitrogens with two attached hydrogens (primary N) is 1. The Morgan fingerprint density at radius 1 is 1.42 bits per heavy atom. The van der Waals surface area contributed by atoms with Crippen molar-refractivity contribution in [1.29, 1.82) is 0 Å². The summed E-state index contributed by atoms with van der Waals surface area (Å²) in [6, 6.07) is 3.96. The third kappa shape index (κ3) is 2.94. The molecule has 1 aliphatic heterocycles. The van der Waals surface area contributed by atoms with E-state index in [0.717, 1.165) is 19.0 Å². The van der Waals surface area contributed by atoms with Gasteiger partial charge < -0.3 is 10.5 Å². The predicted octanol–water partition coefficient (Wildman–Crippen LogP) is 2.08. The van der Waals surface area contributed by atoms with E-state index in [4.69, 9.17) is 10.5 Å². The van der Waals surface area contributed by atoms with E-state index >= 15 is 0 Å².